The number of methoxy groups -OCH3 is 1. The topological polar surface area (TPSA) is 35.2 Å². The summed E-state index contributed by atoms with van der Waals surface area (Å²) < 4.78 is 19.5. The van der Waals surface area contributed by atoms with Crippen LogP contribution in [0.5, 0.6) is 5.75 Å². The van der Waals surface area contributed by atoms with E-state index in [2.05, 4.69) is 26.0 Å². The Bertz CT molecular complexity index is 625. The van der Waals surface area contributed by atoms with Gasteiger partial charge in [0.2, 0.25) is 0 Å². The van der Waals surface area contributed by atoms with Gasteiger partial charge in [-0.3, -0.25) is 0 Å². The molecule has 0 saturated carbocycles. The molecule has 1 unspecified atom stereocenters. The smallest absolute Gasteiger partial charge is 0.126 e. The van der Waals surface area contributed by atoms with Gasteiger partial charge >= 0.3 is 0 Å². The van der Waals surface area contributed by atoms with Gasteiger partial charge in [-0.15, -0.1) is 0 Å². The number of nitrogens with two attached hydrogens (primary N) is 1. The van der Waals surface area contributed by atoms with Crippen molar-refractivity contribution in [2.75, 3.05) is 13.7 Å². The summed E-state index contributed by atoms with van der Waals surface area (Å²) in [6.07, 6.45) is 0.668. The van der Waals surface area contributed by atoms with Gasteiger partial charge in [0.25, 0.3) is 0 Å². The number of hydrogen-bond acceptors (Lipinski definition) is 2. The molecule has 118 valence electrons. The summed E-state index contributed by atoms with van der Waals surface area (Å²) in [7, 11) is 1.66. The Kier molecular flexibility index (Phi) is 5.56. The molecule has 0 amide bonds. The average molecular weight is 301 g/mol. The van der Waals surface area contributed by atoms with E-state index in [1.54, 1.807) is 13.2 Å². The van der Waals surface area contributed by atoms with Crippen LogP contribution in [-0.4, -0.2) is 13.7 Å². The second kappa shape index (κ2) is 7.41. The van der Waals surface area contributed by atoms with E-state index in [1.165, 1.54) is 11.6 Å². The quantitative estimate of drug-likeness (QED) is 0.866. The molecule has 0 bridgehead atoms. The van der Waals surface area contributed by atoms with E-state index in [0.29, 0.717) is 24.4 Å². The lowest BCUT2D eigenvalue weighted by molar-refractivity contribution is 0.407. The highest BCUT2D eigenvalue weighted by Gasteiger charge is 2.17. The number of rotatable bonds is 6. The molecule has 0 spiro atoms. The summed E-state index contributed by atoms with van der Waals surface area (Å²) in [6, 6.07) is 13.1. The zero-order valence-electron chi connectivity index (χ0n) is 13.5. The Labute approximate surface area is 132 Å². The number of ether oxygens (including phenoxy) is 1. The molecule has 0 heterocycles. The molecule has 3 heteroatoms. The SMILES string of the molecule is COc1ccc(C(C)C)cc1CC(CN)c1ccccc1F. The lowest BCUT2D eigenvalue weighted by atomic mass is 9.89. The molecule has 0 fully saturated rings. The van der Waals surface area contributed by atoms with E-state index < -0.39 is 0 Å². The highest BCUT2D eigenvalue weighted by Crippen LogP contribution is 2.30. The van der Waals surface area contributed by atoms with E-state index in [-0.39, 0.29) is 11.7 Å². The van der Waals surface area contributed by atoms with E-state index in [1.807, 2.05) is 18.2 Å². The third-order valence-corrected chi connectivity index (χ3v) is 4.07. The van der Waals surface area contributed by atoms with Crippen molar-refractivity contribution in [1.29, 1.82) is 0 Å². The van der Waals surface area contributed by atoms with Crippen LogP contribution in [0.25, 0.3) is 0 Å². The molecular formula is C19H24FNO. The van der Waals surface area contributed by atoms with Crippen molar-refractivity contribution in [3.63, 3.8) is 0 Å². The first-order valence-corrected chi connectivity index (χ1v) is 7.68. The summed E-state index contributed by atoms with van der Waals surface area (Å²) in [6.45, 7) is 4.71. The minimum Gasteiger partial charge on any atom is -0.496 e. The van der Waals surface area contributed by atoms with E-state index in [4.69, 9.17) is 10.5 Å². The standard InChI is InChI=1S/C19H24FNO/c1-13(2)14-8-9-19(22-3)15(10-14)11-16(12-21)17-6-4-5-7-18(17)20/h4-10,13,16H,11-12,21H2,1-3H3. The molecule has 0 aliphatic heterocycles. The second-order valence-corrected chi connectivity index (χ2v) is 5.88. The van der Waals surface area contributed by atoms with Crippen LogP contribution >= 0.6 is 0 Å². The first-order chi connectivity index (χ1) is 10.6. The van der Waals surface area contributed by atoms with Gasteiger partial charge in [0.1, 0.15) is 11.6 Å². The average Bonchev–Trinajstić information content (AvgIpc) is 2.53. The molecule has 0 saturated heterocycles. The van der Waals surface area contributed by atoms with Crippen molar-refractivity contribution in [3.05, 3.63) is 65.0 Å². The maximum absolute atomic E-state index is 14.0. The Morgan fingerprint density at radius 2 is 1.86 bits per heavy atom. The first kappa shape index (κ1) is 16.5. The first-order valence-electron chi connectivity index (χ1n) is 7.68. The predicted molar refractivity (Wildman–Crippen MR) is 89.0 cm³/mol. The van der Waals surface area contributed by atoms with Gasteiger partial charge in [0.05, 0.1) is 7.11 Å². The van der Waals surface area contributed by atoms with Crippen LogP contribution in [0.2, 0.25) is 0 Å². The van der Waals surface area contributed by atoms with Gasteiger partial charge in [-0.1, -0.05) is 44.2 Å². The molecule has 0 aromatic heterocycles. The van der Waals surface area contributed by atoms with Crippen molar-refractivity contribution >= 4 is 0 Å². The summed E-state index contributed by atoms with van der Waals surface area (Å²) in [5, 5.41) is 0. The van der Waals surface area contributed by atoms with Crippen LogP contribution in [0, 0.1) is 5.82 Å². The zero-order chi connectivity index (χ0) is 16.1. The molecule has 2 nitrogen and oxygen atoms in total. The summed E-state index contributed by atoms with van der Waals surface area (Å²) in [5.74, 6) is 1.02. The van der Waals surface area contributed by atoms with Crippen LogP contribution in [0.1, 0.15) is 42.4 Å². The lowest BCUT2D eigenvalue weighted by Crippen LogP contribution is -2.17. The van der Waals surface area contributed by atoms with Gasteiger partial charge in [0.15, 0.2) is 0 Å². The molecule has 1 atom stereocenters. The molecular weight excluding hydrogens is 277 g/mol. The molecule has 2 rings (SSSR count). The van der Waals surface area contributed by atoms with Gasteiger partial charge in [0, 0.05) is 5.92 Å². The van der Waals surface area contributed by atoms with Crippen LogP contribution in [0.15, 0.2) is 42.5 Å². The molecule has 2 aromatic rings. The fourth-order valence-corrected chi connectivity index (χ4v) is 2.71. The number of halogens is 1. The maximum Gasteiger partial charge on any atom is 0.126 e. The van der Waals surface area contributed by atoms with Crippen molar-refractivity contribution < 1.29 is 9.13 Å². The number of benzene rings is 2. The fourth-order valence-electron chi connectivity index (χ4n) is 2.71. The summed E-state index contributed by atoms with van der Waals surface area (Å²) in [5.41, 5.74) is 8.90. The summed E-state index contributed by atoms with van der Waals surface area (Å²) in [4.78, 5) is 0. The second-order valence-electron chi connectivity index (χ2n) is 5.88. The third kappa shape index (κ3) is 3.66. The van der Waals surface area contributed by atoms with E-state index in [9.17, 15) is 4.39 Å². The van der Waals surface area contributed by atoms with Gasteiger partial charge in [-0.25, -0.2) is 4.39 Å². The fraction of sp³-hybridized carbons (Fsp3) is 0.368. The Morgan fingerprint density at radius 3 is 2.45 bits per heavy atom. The molecule has 2 aromatic carbocycles. The third-order valence-electron chi connectivity index (χ3n) is 4.07. The summed E-state index contributed by atoms with van der Waals surface area (Å²) >= 11 is 0. The van der Waals surface area contributed by atoms with Gasteiger partial charge in [-0.2, -0.15) is 0 Å². The minimum absolute atomic E-state index is 0.0579. The largest absolute Gasteiger partial charge is 0.496 e. The highest BCUT2D eigenvalue weighted by atomic mass is 19.1. The van der Waals surface area contributed by atoms with Gasteiger partial charge < -0.3 is 10.5 Å². The minimum atomic E-state index is -0.197. The molecule has 22 heavy (non-hydrogen) atoms. The molecule has 0 aliphatic rings. The Hall–Kier alpha value is -1.87. The van der Waals surface area contributed by atoms with Crippen LogP contribution < -0.4 is 10.5 Å². The van der Waals surface area contributed by atoms with E-state index in [0.717, 1.165) is 11.3 Å². The van der Waals surface area contributed by atoms with Crippen molar-refractivity contribution in [3.8, 4) is 5.75 Å². The van der Waals surface area contributed by atoms with Crippen LogP contribution in [-0.2, 0) is 6.42 Å². The van der Waals surface area contributed by atoms with Crippen molar-refractivity contribution in [2.45, 2.75) is 32.1 Å². The molecule has 0 aliphatic carbocycles. The predicted octanol–water partition coefficient (Wildman–Crippen LogP) is 4.24. The van der Waals surface area contributed by atoms with Crippen LogP contribution in [0.3, 0.4) is 0 Å². The molecule has 2 N–H and O–H groups in total. The maximum atomic E-state index is 14.0. The molecule has 0 radical (unpaired) electrons. The van der Waals surface area contributed by atoms with Crippen molar-refractivity contribution in [2.24, 2.45) is 5.73 Å². The highest BCUT2D eigenvalue weighted by molar-refractivity contribution is 5.40. The normalized spacial score (nSPS) is 12.5. The zero-order valence-corrected chi connectivity index (χ0v) is 13.5. The van der Waals surface area contributed by atoms with Crippen LogP contribution in [0.4, 0.5) is 4.39 Å². The number of hydrogen-bond donors (Lipinski definition) is 1. The van der Waals surface area contributed by atoms with E-state index >= 15 is 0 Å². The van der Waals surface area contributed by atoms with Crippen molar-refractivity contribution in [1.82, 2.24) is 0 Å². The Morgan fingerprint density at radius 1 is 1.14 bits per heavy atom. The monoisotopic (exact) mass is 301 g/mol. The van der Waals surface area contributed by atoms with Gasteiger partial charge in [-0.05, 0) is 47.7 Å². The lowest BCUT2D eigenvalue weighted by Gasteiger charge is -2.19. The Balaban J connectivity index is 2.35.